The normalized spacial score (nSPS) is 21.7. The minimum atomic E-state index is -4.37. The smallest absolute Gasteiger partial charge is 0.416 e. The zero-order chi connectivity index (χ0) is 17.0. The van der Waals surface area contributed by atoms with Gasteiger partial charge in [0, 0.05) is 12.5 Å². The first kappa shape index (κ1) is 17.3. The molecule has 2 N–H and O–H groups in total. The molecule has 0 radical (unpaired) electrons. The minimum Gasteiger partial charge on any atom is -0.481 e. The number of carbonyl (C=O) groups is 2. The first-order valence-corrected chi connectivity index (χ1v) is 7.44. The highest BCUT2D eigenvalue weighted by molar-refractivity contribution is 5.79. The number of benzene rings is 1. The highest BCUT2D eigenvalue weighted by Crippen LogP contribution is 2.30. The number of hydrogen-bond acceptors (Lipinski definition) is 2. The van der Waals surface area contributed by atoms with Gasteiger partial charge in [0.2, 0.25) is 5.91 Å². The molecule has 126 valence electrons. The Morgan fingerprint density at radius 3 is 2.04 bits per heavy atom. The summed E-state index contributed by atoms with van der Waals surface area (Å²) in [5, 5.41) is 11.6. The second kappa shape index (κ2) is 7.02. The Kier molecular flexibility index (Phi) is 5.28. The van der Waals surface area contributed by atoms with Gasteiger partial charge in [-0.25, -0.2) is 0 Å². The first-order valence-electron chi connectivity index (χ1n) is 7.44. The zero-order valence-electron chi connectivity index (χ0n) is 12.4. The average Bonchev–Trinajstić information content (AvgIpc) is 2.52. The second-order valence-corrected chi connectivity index (χ2v) is 5.80. The molecule has 1 aliphatic rings. The second-order valence-electron chi connectivity index (χ2n) is 5.80. The van der Waals surface area contributed by atoms with Gasteiger partial charge < -0.3 is 10.4 Å². The first-order chi connectivity index (χ1) is 10.8. The molecule has 1 saturated carbocycles. The van der Waals surface area contributed by atoms with Gasteiger partial charge in [-0.1, -0.05) is 12.1 Å². The van der Waals surface area contributed by atoms with Crippen molar-refractivity contribution in [2.75, 3.05) is 0 Å². The third-order valence-electron chi connectivity index (χ3n) is 4.20. The fourth-order valence-electron chi connectivity index (χ4n) is 2.75. The monoisotopic (exact) mass is 329 g/mol. The quantitative estimate of drug-likeness (QED) is 0.891. The summed E-state index contributed by atoms with van der Waals surface area (Å²) in [6, 6.07) is 4.65. The molecule has 4 nitrogen and oxygen atoms in total. The van der Waals surface area contributed by atoms with Crippen molar-refractivity contribution in [3.63, 3.8) is 0 Å². The lowest BCUT2D eigenvalue weighted by Crippen LogP contribution is -2.34. The van der Waals surface area contributed by atoms with Gasteiger partial charge in [0.1, 0.15) is 0 Å². The Bertz CT molecular complexity index is 561. The number of halogens is 3. The topological polar surface area (TPSA) is 66.4 Å². The molecule has 7 heteroatoms. The third-order valence-corrected chi connectivity index (χ3v) is 4.20. The van der Waals surface area contributed by atoms with Crippen molar-refractivity contribution in [3.8, 4) is 0 Å². The van der Waals surface area contributed by atoms with Crippen LogP contribution in [0.3, 0.4) is 0 Å². The van der Waals surface area contributed by atoms with Crippen LogP contribution >= 0.6 is 0 Å². The SMILES string of the molecule is O=C(O)C1CCC(C(=O)NCc2ccc(C(F)(F)F)cc2)CC1. The molecule has 0 bridgehead atoms. The fourth-order valence-corrected chi connectivity index (χ4v) is 2.75. The Balaban J connectivity index is 1.82. The van der Waals surface area contributed by atoms with Gasteiger partial charge in [0.15, 0.2) is 0 Å². The van der Waals surface area contributed by atoms with Crippen molar-refractivity contribution in [2.45, 2.75) is 38.4 Å². The molecule has 1 aliphatic carbocycles. The van der Waals surface area contributed by atoms with Crippen LogP contribution in [0.25, 0.3) is 0 Å². The summed E-state index contributed by atoms with van der Waals surface area (Å²) >= 11 is 0. The van der Waals surface area contributed by atoms with Crippen LogP contribution in [0.2, 0.25) is 0 Å². The van der Waals surface area contributed by atoms with Crippen LogP contribution in [-0.2, 0) is 22.3 Å². The average molecular weight is 329 g/mol. The van der Waals surface area contributed by atoms with E-state index in [9.17, 15) is 22.8 Å². The van der Waals surface area contributed by atoms with Crippen LogP contribution in [0, 0.1) is 11.8 Å². The molecule has 1 aromatic rings. The van der Waals surface area contributed by atoms with Gasteiger partial charge in [0.25, 0.3) is 0 Å². The van der Waals surface area contributed by atoms with E-state index in [2.05, 4.69) is 5.32 Å². The molecule has 0 unspecified atom stereocenters. The van der Waals surface area contributed by atoms with Gasteiger partial charge in [0.05, 0.1) is 11.5 Å². The number of hydrogen-bond donors (Lipinski definition) is 2. The maximum Gasteiger partial charge on any atom is 0.416 e. The number of carboxylic acids is 1. The third kappa shape index (κ3) is 4.71. The van der Waals surface area contributed by atoms with E-state index in [1.807, 2.05) is 0 Å². The van der Waals surface area contributed by atoms with Crippen molar-refractivity contribution in [1.82, 2.24) is 5.32 Å². The largest absolute Gasteiger partial charge is 0.481 e. The molecule has 2 rings (SSSR count). The van der Waals surface area contributed by atoms with Crippen molar-refractivity contribution < 1.29 is 27.9 Å². The van der Waals surface area contributed by atoms with E-state index in [0.717, 1.165) is 12.1 Å². The molecule has 1 aromatic carbocycles. The molecule has 1 amide bonds. The molecule has 1 fully saturated rings. The van der Waals surface area contributed by atoms with E-state index in [0.29, 0.717) is 31.2 Å². The minimum absolute atomic E-state index is 0.163. The van der Waals surface area contributed by atoms with Crippen LogP contribution in [0.1, 0.15) is 36.8 Å². The molecule has 0 saturated heterocycles. The zero-order valence-corrected chi connectivity index (χ0v) is 12.4. The van der Waals surface area contributed by atoms with Crippen LogP contribution < -0.4 is 5.32 Å². The lowest BCUT2D eigenvalue weighted by Gasteiger charge is -2.25. The van der Waals surface area contributed by atoms with Crippen molar-refractivity contribution in [1.29, 1.82) is 0 Å². The number of amides is 1. The highest BCUT2D eigenvalue weighted by Gasteiger charge is 2.31. The standard InChI is InChI=1S/C16H18F3NO3/c17-16(18,19)13-7-1-10(2-8-13)9-20-14(21)11-3-5-12(6-4-11)15(22)23/h1-2,7-8,11-12H,3-6,9H2,(H,20,21)(H,22,23). The Morgan fingerprint density at radius 1 is 1.04 bits per heavy atom. The molecule has 0 spiro atoms. The summed E-state index contributed by atoms with van der Waals surface area (Å²) < 4.78 is 37.4. The number of carboxylic acid groups (broad SMARTS) is 1. The number of alkyl halides is 3. The molecule has 23 heavy (non-hydrogen) atoms. The maximum absolute atomic E-state index is 12.5. The van der Waals surface area contributed by atoms with Gasteiger partial charge in [-0.15, -0.1) is 0 Å². The molecular formula is C16H18F3NO3. The predicted octanol–water partition coefficient (Wildman–Crippen LogP) is 3.21. The van der Waals surface area contributed by atoms with Gasteiger partial charge in [-0.3, -0.25) is 9.59 Å². The van der Waals surface area contributed by atoms with Crippen molar-refractivity contribution >= 4 is 11.9 Å². The lowest BCUT2D eigenvalue weighted by molar-refractivity contribution is -0.144. The van der Waals surface area contributed by atoms with Crippen LogP contribution in [0.5, 0.6) is 0 Å². The summed E-state index contributed by atoms with van der Waals surface area (Å²) in [7, 11) is 0. The Hall–Kier alpha value is -2.05. The molecule has 0 aliphatic heterocycles. The molecular weight excluding hydrogens is 311 g/mol. The molecule has 0 heterocycles. The lowest BCUT2D eigenvalue weighted by atomic mass is 9.81. The van der Waals surface area contributed by atoms with E-state index < -0.39 is 17.7 Å². The number of aliphatic carboxylic acids is 1. The Morgan fingerprint density at radius 2 is 1.57 bits per heavy atom. The summed E-state index contributed by atoms with van der Waals surface area (Å²) in [6.45, 7) is 0.163. The van der Waals surface area contributed by atoms with Crippen LogP contribution in [0.4, 0.5) is 13.2 Å². The number of nitrogens with one attached hydrogen (secondary N) is 1. The molecule has 0 atom stereocenters. The van der Waals surface area contributed by atoms with Crippen molar-refractivity contribution in [2.24, 2.45) is 11.8 Å². The van der Waals surface area contributed by atoms with Crippen LogP contribution in [-0.4, -0.2) is 17.0 Å². The van der Waals surface area contributed by atoms with Gasteiger partial charge >= 0.3 is 12.1 Å². The van der Waals surface area contributed by atoms with E-state index in [-0.39, 0.29) is 24.3 Å². The van der Waals surface area contributed by atoms with Gasteiger partial charge in [-0.2, -0.15) is 13.2 Å². The number of rotatable bonds is 4. The van der Waals surface area contributed by atoms with Crippen molar-refractivity contribution in [3.05, 3.63) is 35.4 Å². The van der Waals surface area contributed by atoms with Gasteiger partial charge in [-0.05, 0) is 43.4 Å². The fraction of sp³-hybridized carbons (Fsp3) is 0.500. The van der Waals surface area contributed by atoms with E-state index >= 15 is 0 Å². The predicted molar refractivity (Wildman–Crippen MR) is 76.4 cm³/mol. The summed E-state index contributed by atoms with van der Waals surface area (Å²) in [5.74, 6) is -1.60. The van der Waals surface area contributed by atoms with E-state index in [1.54, 1.807) is 0 Å². The van der Waals surface area contributed by atoms with Crippen LogP contribution in [0.15, 0.2) is 24.3 Å². The summed E-state index contributed by atoms with van der Waals surface area (Å²) in [6.07, 6.45) is -2.36. The highest BCUT2D eigenvalue weighted by atomic mass is 19.4. The van der Waals surface area contributed by atoms with E-state index in [1.165, 1.54) is 12.1 Å². The van der Waals surface area contributed by atoms with E-state index in [4.69, 9.17) is 5.11 Å². The maximum atomic E-state index is 12.5. The molecule has 0 aromatic heterocycles. The number of carbonyl (C=O) groups excluding carboxylic acids is 1. The summed E-state index contributed by atoms with van der Waals surface area (Å²) in [5.41, 5.74) is -0.134. The summed E-state index contributed by atoms with van der Waals surface area (Å²) in [4.78, 5) is 22.9. The Labute approximate surface area is 131 Å².